The minimum absolute atomic E-state index is 0. The first-order valence-electron chi connectivity index (χ1n) is 43.8. The molecule has 0 bridgehead atoms. The third kappa shape index (κ3) is 26.4. The summed E-state index contributed by atoms with van der Waals surface area (Å²) in [5, 5.41) is 7.12. The zero-order valence-electron chi connectivity index (χ0n) is 74.7. The number of hydrogen-bond donors (Lipinski definition) is 5. The average Bonchev–Trinajstić information content (AvgIpc) is 1.29. The van der Waals surface area contributed by atoms with Crippen molar-refractivity contribution in [3.8, 4) is 11.5 Å². The van der Waals surface area contributed by atoms with E-state index in [9.17, 15) is 70.4 Å². The van der Waals surface area contributed by atoms with Crippen molar-refractivity contribution in [1.82, 2.24) is 59.5 Å². The van der Waals surface area contributed by atoms with E-state index in [1.165, 1.54) is 126 Å². The number of piperazine rings is 3. The van der Waals surface area contributed by atoms with Crippen molar-refractivity contribution in [2.45, 2.75) is 100 Å². The molecule has 0 aliphatic carbocycles. The van der Waals surface area contributed by atoms with E-state index in [1.54, 1.807) is 113 Å². The summed E-state index contributed by atoms with van der Waals surface area (Å²) in [5.74, 6) is 0.120. The number of para-hydroxylation sites is 1. The summed E-state index contributed by atoms with van der Waals surface area (Å²) in [6, 6.07) is 57.6. The van der Waals surface area contributed by atoms with Gasteiger partial charge in [0.1, 0.15) is 60.3 Å². The summed E-state index contributed by atoms with van der Waals surface area (Å²) in [5.41, 5.74) is 6.10. The molecule has 0 radical (unpaired) electrons. The van der Waals surface area contributed by atoms with Crippen molar-refractivity contribution < 1.29 is 87.0 Å². The number of benzene rings is 8. The Morgan fingerprint density at radius 1 is 0.540 bits per heavy atom. The van der Waals surface area contributed by atoms with Crippen LogP contribution < -0.4 is 53.3 Å². The Morgan fingerprint density at radius 3 is 1.55 bits per heavy atom. The zero-order valence-corrected chi connectivity index (χ0v) is 80.4. The van der Waals surface area contributed by atoms with E-state index in [2.05, 4.69) is 91.8 Å². The summed E-state index contributed by atoms with van der Waals surface area (Å²) in [6.07, 6.45) is 8.60. The van der Waals surface area contributed by atoms with Crippen LogP contribution in [-0.4, -0.2) is 226 Å². The predicted octanol–water partition coefficient (Wildman–Crippen LogP) is 14.2. The monoisotopic (exact) mass is 2040 g/mol. The maximum Gasteiger partial charge on any atom is 0.573 e. The lowest BCUT2D eigenvalue weighted by molar-refractivity contribution is -0.274. The van der Waals surface area contributed by atoms with Gasteiger partial charge in [-0.05, 0) is 208 Å². The van der Waals surface area contributed by atoms with Gasteiger partial charge in [-0.3, -0.25) is 38.1 Å². The molecule has 736 valence electrons. The fourth-order valence-corrected chi connectivity index (χ4v) is 22.5. The molecule has 18 rings (SSSR count). The van der Waals surface area contributed by atoms with Crippen LogP contribution in [0.1, 0.15) is 44.9 Å². The number of amides is 4. The van der Waals surface area contributed by atoms with Crippen LogP contribution in [0.15, 0.2) is 292 Å². The topological polar surface area (TPSA) is 401 Å². The molecular weight excluding hydrogens is 1940 g/mol. The number of thiazole rings is 1. The highest BCUT2D eigenvalue weighted by Crippen LogP contribution is 2.40. The molecule has 13 aromatic rings. The number of aromatic nitrogens is 8. The third-order valence-corrected chi connectivity index (χ3v) is 31.0. The van der Waals surface area contributed by atoms with Gasteiger partial charge in [-0.1, -0.05) is 60.1 Å². The lowest BCUT2D eigenvalue weighted by Gasteiger charge is -2.41. The molecule has 5 aromatic heterocycles. The number of thioether (sulfide) groups is 1. The molecule has 139 heavy (non-hydrogen) atoms. The number of alkyl halides is 3. The summed E-state index contributed by atoms with van der Waals surface area (Å²) in [7, 11) is -15.0. The first-order chi connectivity index (χ1) is 66.7. The quantitative estimate of drug-likeness (QED) is 0.0284. The fourth-order valence-electron chi connectivity index (χ4n) is 16.1. The number of carbonyl (C=O) groups is 4. The molecule has 5 N–H and O–H groups in total. The molecule has 4 saturated heterocycles. The lowest BCUT2D eigenvalue weighted by Crippen LogP contribution is -2.54. The van der Waals surface area contributed by atoms with E-state index >= 15 is 0 Å². The SMILES string of the molecule is CC(Oc1ccc(OC(F)(F)F)cc1)C(=O)N1CCN(c2ccc(S(=O)(=O)Nc3ccncn3)cc2)CC1.C[C@H]1CN(c2ccc(S(=O)(=O)Nc3ccncn3)cc2)CCN1C(=O)Cn1ccc2cccc(Cl)c21.O=C(CC1Cc2ccccc2S1)N1CCN(c2ccc(S(=O)(=O)Nc3ccncn3)cc2)CC1.O=C1C(NCCc2ccccc2F)CCN1c1ccc(S(=O)(=O)Nc2nccs2)cc1.[HH].[HH].[HH].[HH].[HH]. The molecule has 3 unspecified atom stereocenters. The molecule has 4 atom stereocenters. The Bertz CT molecular complexity index is 6900. The van der Waals surface area contributed by atoms with Crippen molar-refractivity contribution >= 4 is 155 Å². The van der Waals surface area contributed by atoms with Crippen LogP contribution in [0.25, 0.3) is 10.9 Å². The Balaban J connectivity index is 0.000000195. The minimum atomic E-state index is -4.79. The van der Waals surface area contributed by atoms with E-state index in [0.29, 0.717) is 118 Å². The van der Waals surface area contributed by atoms with Crippen molar-refractivity contribution in [2.24, 2.45) is 0 Å². The summed E-state index contributed by atoms with van der Waals surface area (Å²) in [4.78, 5) is 93.8. The van der Waals surface area contributed by atoms with Gasteiger partial charge in [-0.2, -0.15) is 0 Å². The van der Waals surface area contributed by atoms with Gasteiger partial charge in [0, 0.05) is 179 Å². The van der Waals surface area contributed by atoms with E-state index < -0.39 is 52.6 Å². The summed E-state index contributed by atoms with van der Waals surface area (Å²) < 4.78 is 172. The molecule has 10 heterocycles. The van der Waals surface area contributed by atoms with Gasteiger partial charge in [-0.25, -0.2) is 72.9 Å². The smallest absolute Gasteiger partial charge is 0.481 e. The molecule has 4 amide bonds. The molecular formula is C94H105ClF4N20O14S6. The molecule has 0 spiro atoms. The average molecular weight is 2040 g/mol. The maximum atomic E-state index is 13.7. The van der Waals surface area contributed by atoms with Crippen molar-refractivity contribution in [3.63, 3.8) is 0 Å². The van der Waals surface area contributed by atoms with Gasteiger partial charge >= 0.3 is 6.36 Å². The number of anilines is 8. The van der Waals surface area contributed by atoms with Crippen LogP contribution in [0.5, 0.6) is 11.5 Å². The predicted molar refractivity (Wildman–Crippen MR) is 532 cm³/mol. The van der Waals surface area contributed by atoms with E-state index in [-0.39, 0.29) is 104 Å². The Kier molecular flexibility index (Phi) is 32.2. The second-order valence-electron chi connectivity index (χ2n) is 32.4. The Hall–Kier alpha value is -13.6. The number of fused-ring (bicyclic) bond motifs is 2. The van der Waals surface area contributed by atoms with Crippen molar-refractivity contribution in [1.29, 1.82) is 0 Å². The number of halogens is 5. The van der Waals surface area contributed by atoms with E-state index in [4.69, 9.17) is 16.3 Å². The Morgan fingerprint density at radius 2 is 1.04 bits per heavy atom. The summed E-state index contributed by atoms with van der Waals surface area (Å²) >= 11 is 9.37. The van der Waals surface area contributed by atoms with Gasteiger partial charge in [0.25, 0.3) is 46.0 Å². The third-order valence-electron chi connectivity index (χ3n) is 23.1. The zero-order chi connectivity index (χ0) is 98.0. The van der Waals surface area contributed by atoms with Crippen LogP contribution in [0.3, 0.4) is 0 Å². The highest BCUT2D eigenvalue weighted by Gasteiger charge is 2.36. The largest absolute Gasteiger partial charge is 0.573 e. The maximum absolute atomic E-state index is 13.7. The second kappa shape index (κ2) is 44.9. The van der Waals surface area contributed by atoms with Crippen LogP contribution >= 0.6 is 34.7 Å². The van der Waals surface area contributed by atoms with Crippen LogP contribution in [0.4, 0.5) is 62.9 Å². The van der Waals surface area contributed by atoms with Gasteiger partial charge in [-0.15, -0.1) is 36.3 Å². The van der Waals surface area contributed by atoms with Crippen molar-refractivity contribution in [2.75, 3.05) is 124 Å². The molecule has 5 aliphatic heterocycles. The van der Waals surface area contributed by atoms with Gasteiger partial charge in [0.15, 0.2) is 11.2 Å². The number of rotatable bonds is 28. The van der Waals surface area contributed by atoms with Crippen LogP contribution in [-0.2, 0) is 78.7 Å². The molecule has 5 aliphatic rings. The number of ether oxygens (including phenoxy) is 2. The second-order valence-corrected chi connectivity index (χ2v) is 41.7. The number of nitrogens with zero attached hydrogens (tertiary/aromatic N) is 15. The molecule has 34 nitrogen and oxygen atoms in total. The van der Waals surface area contributed by atoms with Gasteiger partial charge < -0.3 is 53.7 Å². The Labute approximate surface area is 820 Å². The lowest BCUT2D eigenvalue weighted by atomic mass is 10.1. The summed E-state index contributed by atoms with van der Waals surface area (Å²) in [6.45, 7) is 11.3. The first-order valence-corrected chi connectivity index (χ1v) is 51.9. The van der Waals surface area contributed by atoms with Crippen LogP contribution in [0, 0.1) is 5.82 Å². The minimum Gasteiger partial charge on any atom is -0.481 e. The molecule has 45 heteroatoms. The fraction of sp³-hybridized carbons (Fsp3) is 0.266. The number of hydrogen-bond acceptors (Lipinski definition) is 27. The highest BCUT2D eigenvalue weighted by atomic mass is 35.5. The number of nitrogens with one attached hydrogen (secondary N) is 5. The highest BCUT2D eigenvalue weighted by molar-refractivity contribution is 8.00. The molecule has 0 saturated carbocycles. The van der Waals surface area contributed by atoms with E-state index in [0.717, 1.165) is 59.6 Å². The molecule has 4 fully saturated rings. The van der Waals surface area contributed by atoms with E-state index in [1.807, 2.05) is 74.5 Å². The number of sulfonamides is 4. The van der Waals surface area contributed by atoms with Gasteiger partial charge in [0.05, 0.1) is 36.2 Å². The first kappa shape index (κ1) is 99.8. The number of carbonyl (C=O) groups excluding carboxylic acids is 4. The molecule has 8 aromatic carbocycles. The van der Waals surface area contributed by atoms with Crippen molar-refractivity contribution in [3.05, 3.63) is 290 Å². The standard InChI is InChI=1S/C25H25ClN6O3S.C24H24F3N5O5S.C24H25N5O3S2.C21H21FN4O3S2.5H2/c1-18-15-30(20-5-7-21(8-6-20)36(34,35)29-23-9-11-27-17-28-23)13-14-32(18)24(33)16-31-12-10-19-3-2-4-22(26)25(19)31;1-17(36-19-4-6-20(7-5-19)37-24(25,26)27)23(33)32-14-12-31(13-15-32)18-2-8-21(9-3-18)38(34,35)30-22-10-11-28-16-29-22;30-24(16-20-15-18-3-1-2-4-22(18)33-20)29-13-11-28(12-14-29)19-5-7-21(8-6-19)34(31,32)27-23-9-10-25-17-26-23;22-18-4-2-1-3-15(18)9-11-23-19-10-13-26(20(19)27)16-5-7-17(8-6-16)31(28,29)25-21-24-12-14-30-21;;;;;/h2-12,17-18H,13-16H2,1H3,(H,27,28,29);2-11,16-17H,12-15H2,1H3,(H,28,29,30);1-10,17,20H,11-16H2,(H,25,26,27);1-8,12,14,19,23H,9-11,13H2,(H,24,25);5*1H/t18-;;;;;;;;/m0......../s1. The van der Waals surface area contributed by atoms with Gasteiger partial charge in [0.2, 0.25) is 17.7 Å². The normalized spacial score (nSPS) is 16.4. The van der Waals surface area contributed by atoms with Crippen LogP contribution in [0.2, 0.25) is 5.02 Å².